The van der Waals surface area contributed by atoms with Gasteiger partial charge in [-0.1, -0.05) is 84.4 Å². The highest BCUT2D eigenvalue weighted by Gasteiger charge is 2.32. The predicted octanol–water partition coefficient (Wildman–Crippen LogP) is 7.35. The number of hydrogen-bond acceptors (Lipinski definition) is 12. The Hall–Kier alpha value is -4.90. The number of ether oxygens (including phenoxy) is 1. The maximum absolute atomic E-state index is 13.6. The molecular weight excluding hydrogens is 827 g/mol. The topological polar surface area (TPSA) is 218 Å². The van der Waals surface area contributed by atoms with Crippen molar-refractivity contribution in [1.29, 1.82) is 10.5 Å². The third-order valence-corrected chi connectivity index (χ3v) is 10.9. The van der Waals surface area contributed by atoms with Gasteiger partial charge in [-0.2, -0.15) is 10.5 Å². The van der Waals surface area contributed by atoms with E-state index in [-0.39, 0.29) is 61.3 Å². The van der Waals surface area contributed by atoms with Gasteiger partial charge in [-0.3, -0.25) is 4.79 Å². The van der Waals surface area contributed by atoms with Gasteiger partial charge in [-0.15, -0.1) is 36.2 Å². The normalized spacial score (nSPS) is 11.5. The second-order valence-corrected chi connectivity index (χ2v) is 14.7. The minimum Gasteiger partial charge on any atom is -0.492 e. The van der Waals surface area contributed by atoms with Crippen LogP contribution in [0.2, 0.25) is 5.02 Å². The van der Waals surface area contributed by atoms with Gasteiger partial charge in [0, 0.05) is 33.7 Å². The lowest BCUT2D eigenvalue weighted by atomic mass is 9.97. The van der Waals surface area contributed by atoms with Crippen molar-refractivity contribution in [2.24, 2.45) is 11.5 Å². The van der Waals surface area contributed by atoms with E-state index in [1.165, 1.54) is 28.0 Å². The number of halogens is 3. The lowest BCUT2D eigenvalue weighted by Crippen LogP contribution is -2.53. The summed E-state index contributed by atoms with van der Waals surface area (Å²) in [5.41, 5.74) is 21.8. The van der Waals surface area contributed by atoms with Crippen LogP contribution < -0.4 is 21.9 Å². The van der Waals surface area contributed by atoms with Crippen molar-refractivity contribution in [1.82, 2.24) is 14.9 Å². The average molecular weight is 868 g/mol. The average Bonchev–Trinajstić information content (AvgIpc) is 3.67. The van der Waals surface area contributed by atoms with Gasteiger partial charge in [0.2, 0.25) is 5.91 Å². The molecule has 5 rings (SSSR count). The zero-order valence-corrected chi connectivity index (χ0v) is 34.6. The quantitative estimate of drug-likeness (QED) is 0.0502. The van der Waals surface area contributed by atoms with Gasteiger partial charge in [0.05, 0.1) is 23.8 Å². The van der Waals surface area contributed by atoms with Crippen LogP contribution in [-0.4, -0.2) is 63.6 Å². The fraction of sp³-hybridized carbons (Fsp3) is 0.250. The fourth-order valence-electron chi connectivity index (χ4n) is 5.84. The second-order valence-electron chi connectivity index (χ2n) is 12.4. The standard InChI is InChI=1S/C40H39ClN8O4S2.2ClH/c41-28-13-9-27(10-14-28)37-47-29(23-54-37)24-55-38-32(22-44)35(31(21-43)36(46)48-38)26-11-15-30(16-12-26)53-19-18-49(39(50)33(45)8-4-5-17-42)34(40(51)52)20-25-6-2-1-3-7-25;;/h1-3,6-7,9-16,23,33-34H,4-5,8,17-20,24,42,45H2,(H2,46,48)(H,51,52);2*1H/t33-,34+;;/m0../s1. The van der Waals surface area contributed by atoms with E-state index >= 15 is 0 Å². The number of rotatable bonds is 18. The summed E-state index contributed by atoms with van der Waals surface area (Å²) >= 11 is 8.82. The molecule has 7 N–H and O–H groups in total. The molecule has 0 bridgehead atoms. The van der Waals surface area contributed by atoms with Crippen LogP contribution in [0.5, 0.6) is 5.75 Å². The van der Waals surface area contributed by atoms with E-state index < -0.39 is 24.0 Å². The summed E-state index contributed by atoms with van der Waals surface area (Å²) in [7, 11) is 0. The van der Waals surface area contributed by atoms with E-state index in [4.69, 9.17) is 38.5 Å². The molecule has 0 radical (unpaired) electrons. The maximum Gasteiger partial charge on any atom is 0.326 e. The molecule has 0 spiro atoms. The number of pyridine rings is 1. The van der Waals surface area contributed by atoms with Crippen molar-refractivity contribution in [3.63, 3.8) is 0 Å². The fourth-order valence-corrected chi connectivity index (χ4v) is 7.79. The third-order valence-electron chi connectivity index (χ3n) is 8.66. The molecule has 0 aliphatic carbocycles. The summed E-state index contributed by atoms with van der Waals surface area (Å²) in [5.74, 6) is -0.801. The molecule has 17 heteroatoms. The Labute approximate surface area is 356 Å². The molecule has 1 amide bonds. The highest BCUT2D eigenvalue weighted by Crippen LogP contribution is 2.37. The number of carboxylic acid groups (broad SMARTS) is 1. The highest BCUT2D eigenvalue weighted by atomic mass is 35.5. The Morgan fingerprint density at radius 1 is 0.947 bits per heavy atom. The second kappa shape index (κ2) is 22.7. The summed E-state index contributed by atoms with van der Waals surface area (Å²) in [5, 5.41) is 34.3. The van der Waals surface area contributed by atoms with Gasteiger partial charge in [0.1, 0.15) is 52.0 Å². The van der Waals surface area contributed by atoms with Crippen LogP contribution in [0, 0.1) is 22.7 Å². The van der Waals surface area contributed by atoms with Crippen molar-refractivity contribution >= 4 is 77.2 Å². The number of thioether (sulfide) groups is 1. The summed E-state index contributed by atoms with van der Waals surface area (Å²) in [6, 6.07) is 25.5. The Kier molecular flexibility index (Phi) is 18.5. The number of nitrogen functional groups attached to an aromatic ring is 1. The van der Waals surface area contributed by atoms with Gasteiger partial charge in [-0.25, -0.2) is 14.8 Å². The molecule has 2 heterocycles. The van der Waals surface area contributed by atoms with Crippen molar-refractivity contribution in [2.45, 2.75) is 48.5 Å². The molecule has 2 aromatic heterocycles. The van der Waals surface area contributed by atoms with Crippen LogP contribution in [0.15, 0.2) is 89.3 Å². The molecule has 3 aromatic carbocycles. The first-order valence-corrected chi connectivity index (χ1v) is 19.6. The molecule has 0 fully saturated rings. The third kappa shape index (κ3) is 12.3. The SMILES string of the molecule is Cl.Cl.N#Cc1c(N)nc(SCc2csc(-c3ccc(Cl)cc3)n2)c(C#N)c1-c1ccc(OCCN(C(=O)[C@@H](N)CCCCN)[C@H](Cc2ccccc2)C(=O)O)cc1. The number of nitriles is 2. The van der Waals surface area contributed by atoms with E-state index in [0.717, 1.165) is 21.8 Å². The van der Waals surface area contributed by atoms with Crippen LogP contribution >= 0.6 is 59.5 Å². The minimum atomic E-state index is -1.17. The van der Waals surface area contributed by atoms with Crippen molar-refractivity contribution in [3.05, 3.63) is 112 Å². The first-order valence-electron chi connectivity index (χ1n) is 17.4. The molecule has 0 aliphatic heterocycles. The number of carbonyl (C=O) groups excluding carboxylic acids is 1. The van der Waals surface area contributed by atoms with E-state index in [2.05, 4.69) is 17.1 Å². The molecule has 12 nitrogen and oxygen atoms in total. The summed E-state index contributed by atoms with van der Waals surface area (Å²) in [4.78, 5) is 36.5. The molecule has 0 aliphatic rings. The van der Waals surface area contributed by atoms with E-state index in [1.807, 2.05) is 47.8 Å². The van der Waals surface area contributed by atoms with Crippen LogP contribution in [0.1, 0.15) is 41.6 Å². The zero-order chi connectivity index (χ0) is 39.3. The molecule has 0 saturated carbocycles. The van der Waals surface area contributed by atoms with Crippen LogP contribution in [0.25, 0.3) is 21.7 Å². The molecule has 2 atom stereocenters. The van der Waals surface area contributed by atoms with Gasteiger partial charge in [-0.05, 0) is 54.8 Å². The molecular formula is C40H41Cl3N8O4S2. The summed E-state index contributed by atoms with van der Waals surface area (Å²) in [6.07, 6.45) is 1.80. The number of carbonyl (C=O) groups is 2. The Morgan fingerprint density at radius 2 is 1.61 bits per heavy atom. The Bertz CT molecular complexity index is 2180. The molecule has 57 heavy (non-hydrogen) atoms. The number of hydrogen-bond donors (Lipinski definition) is 4. The van der Waals surface area contributed by atoms with Gasteiger partial charge in [0.25, 0.3) is 0 Å². The van der Waals surface area contributed by atoms with Gasteiger partial charge in [0.15, 0.2) is 0 Å². The van der Waals surface area contributed by atoms with Crippen LogP contribution in [-0.2, 0) is 21.8 Å². The van der Waals surface area contributed by atoms with Crippen molar-refractivity contribution in [3.8, 4) is 39.6 Å². The smallest absolute Gasteiger partial charge is 0.326 e. The summed E-state index contributed by atoms with van der Waals surface area (Å²) in [6.45, 7) is 0.410. The number of aliphatic carboxylic acids is 1. The first kappa shape index (κ1) is 46.5. The van der Waals surface area contributed by atoms with E-state index in [0.29, 0.717) is 58.5 Å². The number of benzene rings is 3. The number of amides is 1. The molecule has 0 saturated heterocycles. The lowest BCUT2D eigenvalue weighted by Gasteiger charge is -2.31. The Morgan fingerprint density at radius 3 is 2.25 bits per heavy atom. The predicted molar refractivity (Wildman–Crippen MR) is 230 cm³/mol. The van der Waals surface area contributed by atoms with Gasteiger partial charge >= 0.3 is 5.97 Å². The zero-order valence-electron chi connectivity index (χ0n) is 30.5. The first-order chi connectivity index (χ1) is 26.6. The highest BCUT2D eigenvalue weighted by molar-refractivity contribution is 7.98. The number of nitrogens with two attached hydrogens (primary N) is 3. The molecule has 0 unspecified atom stereocenters. The number of carboxylic acids is 1. The Balaban J connectivity index is 0.00000435. The lowest BCUT2D eigenvalue weighted by molar-refractivity contribution is -0.151. The minimum absolute atomic E-state index is 0. The summed E-state index contributed by atoms with van der Waals surface area (Å²) < 4.78 is 6.00. The monoisotopic (exact) mass is 866 g/mol. The number of nitrogens with zero attached hydrogens (tertiary/aromatic N) is 5. The number of thiazole rings is 1. The number of unbranched alkanes of at least 4 members (excludes halogenated alkanes) is 1. The van der Waals surface area contributed by atoms with Crippen molar-refractivity contribution in [2.75, 3.05) is 25.4 Å². The van der Waals surface area contributed by atoms with Crippen molar-refractivity contribution < 1.29 is 19.4 Å². The van der Waals surface area contributed by atoms with Gasteiger partial charge < -0.3 is 31.9 Å². The van der Waals surface area contributed by atoms with Crippen LogP contribution in [0.3, 0.4) is 0 Å². The number of aromatic nitrogens is 2. The van der Waals surface area contributed by atoms with E-state index in [1.54, 1.807) is 36.4 Å². The molecule has 298 valence electrons. The largest absolute Gasteiger partial charge is 0.492 e. The van der Waals surface area contributed by atoms with E-state index in [9.17, 15) is 25.2 Å². The number of anilines is 1. The molecule has 5 aromatic rings. The maximum atomic E-state index is 13.6. The van der Waals surface area contributed by atoms with Crippen LogP contribution in [0.4, 0.5) is 5.82 Å².